The van der Waals surface area contributed by atoms with E-state index in [9.17, 15) is 9.90 Å². The third kappa shape index (κ3) is 2.21. The molecule has 0 aliphatic carbocycles. The Kier molecular flexibility index (Phi) is 3.52. The topological polar surface area (TPSA) is 55.8 Å². The van der Waals surface area contributed by atoms with Gasteiger partial charge in [-0.3, -0.25) is 0 Å². The first kappa shape index (κ1) is 12.2. The van der Waals surface area contributed by atoms with Crippen molar-refractivity contribution in [3.05, 3.63) is 12.7 Å². The number of hydrogen-bond acceptors (Lipinski definition) is 4. The Balaban J connectivity index is 2.65. The van der Waals surface area contributed by atoms with Crippen molar-refractivity contribution in [3.8, 4) is 0 Å². The van der Waals surface area contributed by atoms with Crippen LogP contribution in [-0.4, -0.2) is 35.5 Å². The van der Waals surface area contributed by atoms with Gasteiger partial charge in [-0.25, -0.2) is 4.79 Å². The van der Waals surface area contributed by atoms with Crippen molar-refractivity contribution in [1.29, 1.82) is 0 Å². The molecule has 0 aromatic carbocycles. The summed E-state index contributed by atoms with van der Waals surface area (Å²) < 4.78 is 10.4. The molecule has 1 aliphatic rings. The van der Waals surface area contributed by atoms with E-state index in [1.807, 2.05) is 13.8 Å². The molecule has 1 fully saturated rings. The summed E-state index contributed by atoms with van der Waals surface area (Å²) in [6.07, 6.45) is 2.25. The Hall–Kier alpha value is -0.870. The molecule has 1 aliphatic heterocycles. The van der Waals surface area contributed by atoms with E-state index in [0.717, 1.165) is 6.08 Å². The Morgan fingerprint density at radius 2 is 2.40 bits per heavy atom. The molecule has 0 aromatic rings. The number of carbonyl (C=O) groups excluding carboxylic acids is 1. The Morgan fingerprint density at radius 3 is 2.93 bits per heavy atom. The molecule has 2 unspecified atom stereocenters. The molecule has 0 spiro atoms. The van der Waals surface area contributed by atoms with E-state index in [1.54, 1.807) is 0 Å². The van der Waals surface area contributed by atoms with Crippen molar-refractivity contribution in [2.75, 3.05) is 13.2 Å². The molecule has 2 atom stereocenters. The van der Waals surface area contributed by atoms with Crippen LogP contribution in [0, 0.1) is 0 Å². The van der Waals surface area contributed by atoms with Crippen LogP contribution >= 0.6 is 0 Å². The molecule has 0 radical (unpaired) electrons. The van der Waals surface area contributed by atoms with Gasteiger partial charge in [-0.2, -0.15) is 0 Å². The van der Waals surface area contributed by atoms with E-state index in [0.29, 0.717) is 19.4 Å². The average molecular weight is 214 g/mol. The molecule has 0 aromatic heterocycles. The van der Waals surface area contributed by atoms with Gasteiger partial charge in [0.05, 0.1) is 12.2 Å². The third-order valence-electron chi connectivity index (χ3n) is 3.22. The van der Waals surface area contributed by atoms with Crippen molar-refractivity contribution >= 4 is 5.97 Å². The highest BCUT2D eigenvalue weighted by Gasteiger charge is 2.52. The van der Waals surface area contributed by atoms with Gasteiger partial charge in [0.2, 0.25) is 0 Å². The lowest BCUT2D eigenvalue weighted by atomic mass is 9.83. The van der Waals surface area contributed by atoms with Gasteiger partial charge in [0.1, 0.15) is 12.2 Å². The number of hydrogen-bond donors (Lipinski definition) is 1. The standard InChI is InChI=1S/C11H18O4/c1-4-9(12)14-8-11(13)6-7-15-10(11,3)5-2/h4,13H,1,5-8H2,2-3H3. The zero-order valence-electron chi connectivity index (χ0n) is 9.28. The highest BCUT2D eigenvalue weighted by Crippen LogP contribution is 2.38. The van der Waals surface area contributed by atoms with E-state index < -0.39 is 17.2 Å². The van der Waals surface area contributed by atoms with Gasteiger partial charge in [0.25, 0.3) is 0 Å². The largest absolute Gasteiger partial charge is 0.459 e. The second-order valence-electron chi connectivity index (χ2n) is 4.03. The van der Waals surface area contributed by atoms with Crippen molar-refractivity contribution in [1.82, 2.24) is 0 Å². The van der Waals surface area contributed by atoms with Crippen LogP contribution in [-0.2, 0) is 14.3 Å². The summed E-state index contributed by atoms with van der Waals surface area (Å²) >= 11 is 0. The number of rotatable bonds is 4. The second-order valence-corrected chi connectivity index (χ2v) is 4.03. The molecule has 1 rings (SSSR count). The summed E-state index contributed by atoms with van der Waals surface area (Å²) in [7, 11) is 0. The highest BCUT2D eigenvalue weighted by atomic mass is 16.6. The lowest BCUT2D eigenvalue weighted by molar-refractivity contribution is -0.162. The first-order valence-corrected chi connectivity index (χ1v) is 5.13. The molecule has 4 nitrogen and oxygen atoms in total. The van der Waals surface area contributed by atoms with Crippen LogP contribution in [0.1, 0.15) is 26.7 Å². The first-order valence-electron chi connectivity index (χ1n) is 5.13. The van der Waals surface area contributed by atoms with E-state index in [1.165, 1.54) is 0 Å². The monoisotopic (exact) mass is 214 g/mol. The zero-order valence-corrected chi connectivity index (χ0v) is 9.28. The van der Waals surface area contributed by atoms with Crippen LogP contribution in [0.4, 0.5) is 0 Å². The van der Waals surface area contributed by atoms with Gasteiger partial charge < -0.3 is 14.6 Å². The smallest absolute Gasteiger partial charge is 0.330 e. The van der Waals surface area contributed by atoms with E-state index in [4.69, 9.17) is 9.47 Å². The van der Waals surface area contributed by atoms with Crippen LogP contribution in [0.15, 0.2) is 12.7 Å². The van der Waals surface area contributed by atoms with Gasteiger partial charge in [-0.1, -0.05) is 13.5 Å². The summed E-state index contributed by atoms with van der Waals surface area (Å²) in [6.45, 7) is 7.52. The van der Waals surface area contributed by atoms with E-state index in [-0.39, 0.29) is 6.61 Å². The summed E-state index contributed by atoms with van der Waals surface area (Å²) in [6, 6.07) is 0. The predicted octanol–water partition coefficient (Wildman–Crippen LogP) is 1.04. The summed E-state index contributed by atoms with van der Waals surface area (Å²) in [4.78, 5) is 10.9. The molecule has 86 valence electrons. The van der Waals surface area contributed by atoms with Gasteiger partial charge >= 0.3 is 5.97 Å². The number of aliphatic hydroxyl groups is 1. The maximum atomic E-state index is 10.9. The maximum absolute atomic E-state index is 10.9. The summed E-state index contributed by atoms with van der Waals surface area (Å²) in [5.74, 6) is -0.520. The Morgan fingerprint density at radius 1 is 1.73 bits per heavy atom. The molecule has 0 amide bonds. The van der Waals surface area contributed by atoms with Crippen molar-refractivity contribution in [2.24, 2.45) is 0 Å². The number of carbonyl (C=O) groups is 1. The summed E-state index contributed by atoms with van der Waals surface area (Å²) in [5.41, 5.74) is -1.71. The van der Waals surface area contributed by atoms with E-state index in [2.05, 4.69) is 6.58 Å². The van der Waals surface area contributed by atoms with Crippen LogP contribution in [0.25, 0.3) is 0 Å². The quantitative estimate of drug-likeness (QED) is 0.561. The van der Waals surface area contributed by atoms with Gasteiger partial charge in [-0.05, 0) is 13.3 Å². The molecule has 0 saturated carbocycles. The van der Waals surface area contributed by atoms with Gasteiger partial charge in [0, 0.05) is 12.5 Å². The Labute approximate surface area is 89.9 Å². The minimum atomic E-state index is -1.08. The normalized spacial score (nSPS) is 35.1. The van der Waals surface area contributed by atoms with Crippen molar-refractivity contribution in [3.63, 3.8) is 0 Å². The zero-order chi connectivity index (χ0) is 11.5. The number of ether oxygens (including phenoxy) is 2. The molecule has 15 heavy (non-hydrogen) atoms. The van der Waals surface area contributed by atoms with Crippen molar-refractivity contribution in [2.45, 2.75) is 37.9 Å². The SMILES string of the molecule is C=CC(=O)OCC1(O)CCOC1(C)CC. The van der Waals surface area contributed by atoms with Crippen LogP contribution in [0.5, 0.6) is 0 Å². The second kappa shape index (κ2) is 4.33. The Bertz CT molecular complexity index is 263. The van der Waals surface area contributed by atoms with Crippen LogP contribution < -0.4 is 0 Å². The molecule has 1 saturated heterocycles. The number of esters is 1. The fourth-order valence-corrected chi connectivity index (χ4v) is 1.75. The third-order valence-corrected chi connectivity index (χ3v) is 3.22. The molecule has 0 bridgehead atoms. The minimum Gasteiger partial charge on any atom is -0.459 e. The van der Waals surface area contributed by atoms with Crippen LogP contribution in [0.3, 0.4) is 0 Å². The lowest BCUT2D eigenvalue weighted by Crippen LogP contribution is -2.51. The van der Waals surface area contributed by atoms with Crippen LogP contribution in [0.2, 0.25) is 0 Å². The molecule has 1 N–H and O–H groups in total. The lowest BCUT2D eigenvalue weighted by Gasteiger charge is -2.36. The fraction of sp³-hybridized carbons (Fsp3) is 0.727. The fourth-order valence-electron chi connectivity index (χ4n) is 1.75. The molecular weight excluding hydrogens is 196 g/mol. The van der Waals surface area contributed by atoms with Gasteiger partial charge in [0.15, 0.2) is 0 Å². The average Bonchev–Trinajstić information content (AvgIpc) is 2.53. The van der Waals surface area contributed by atoms with E-state index >= 15 is 0 Å². The first-order chi connectivity index (χ1) is 6.97. The maximum Gasteiger partial charge on any atom is 0.330 e. The molecule has 1 heterocycles. The minimum absolute atomic E-state index is 0.0395. The molecular formula is C11H18O4. The predicted molar refractivity (Wildman–Crippen MR) is 55.4 cm³/mol. The molecule has 4 heteroatoms. The van der Waals surface area contributed by atoms with Crippen molar-refractivity contribution < 1.29 is 19.4 Å². The summed E-state index contributed by atoms with van der Waals surface area (Å²) in [5, 5.41) is 10.3. The van der Waals surface area contributed by atoms with Gasteiger partial charge in [-0.15, -0.1) is 0 Å². The highest BCUT2D eigenvalue weighted by molar-refractivity contribution is 5.81.